The Balaban J connectivity index is 2.34. The molecular formula is C16H24O2. The van der Waals surface area contributed by atoms with Gasteiger partial charge in [-0.25, -0.2) is 0 Å². The second-order valence-corrected chi connectivity index (χ2v) is 4.86. The monoisotopic (exact) mass is 248 g/mol. The molecule has 0 spiro atoms. The summed E-state index contributed by atoms with van der Waals surface area (Å²) in [6, 6.07) is 8.05. The number of hydrogen-bond donors (Lipinski definition) is 0. The minimum atomic E-state index is -0.170. The number of esters is 1. The largest absolute Gasteiger partial charge is 0.465 e. The zero-order valence-corrected chi connectivity index (χ0v) is 11.7. The highest BCUT2D eigenvalue weighted by Gasteiger charge is 2.16. The van der Waals surface area contributed by atoms with E-state index in [9.17, 15) is 4.79 Å². The molecule has 0 amide bonds. The van der Waals surface area contributed by atoms with E-state index in [0.717, 1.165) is 18.4 Å². The fraction of sp³-hybridized carbons (Fsp3) is 0.562. The number of ether oxygens (including phenoxy) is 1. The first-order chi connectivity index (χ1) is 8.65. The van der Waals surface area contributed by atoms with E-state index in [1.165, 1.54) is 18.4 Å². The number of benzene rings is 1. The molecule has 2 nitrogen and oxygen atoms in total. The normalized spacial score (nSPS) is 12.2. The molecule has 0 aliphatic heterocycles. The smallest absolute Gasteiger partial charge is 0.313 e. The minimum absolute atomic E-state index is 0.115. The molecular weight excluding hydrogens is 224 g/mol. The molecule has 2 heteroatoms. The maximum absolute atomic E-state index is 11.8. The molecule has 1 rings (SSSR count). The number of rotatable bonds is 7. The molecule has 100 valence electrons. The molecule has 1 aromatic carbocycles. The van der Waals surface area contributed by atoms with Gasteiger partial charge in [0.15, 0.2) is 0 Å². The van der Waals surface area contributed by atoms with Crippen LogP contribution in [0.5, 0.6) is 0 Å². The van der Waals surface area contributed by atoms with Crippen molar-refractivity contribution >= 4 is 5.97 Å². The Morgan fingerprint density at radius 3 is 2.44 bits per heavy atom. The Morgan fingerprint density at radius 2 is 1.83 bits per heavy atom. The summed E-state index contributed by atoms with van der Waals surface area (Å²) in [6.07, 6.45) is 4.53. The van der Waals surface area contributed by atoms with Crippen LogP contribution in [0.15, 0.2) is 24.3 Å². The SMILES string of the molecule is CCCCCCOC(=O)C(C)c1ccc(C)cc1. The molecule has 0 N–H and O–H groups in total. The average Bonchev–Trinajstić information content (AvgIpc) is 2.38. The topological polar surface area (TPSA) is 26.3 Å². The van der Waals surface area contributed by atoms with Gasteiger partial charge >= 0.3 is 5.97 Å². The van der Waals surface area contributed by atoms with Crippen molar-refractivity contribution in [3.8, 4) is 0 Å². The summed E-state index contributed by atoms with van der Waals surface area (Å²) in [4.78, 5) is 11.8. The molecule has 1 aromatic rings. The van der Waals surface area contributed by atoms with E-state index in [0.29, 0.717) is 6.61 Å². The fourth-order valence-corrected chi connectivity index (χ4v) is 1.82. The van der Waals surface area contributed by atoms with Crippen LogP contribution >= 0.6 is 0 Å². The van der Waals surface area contributed by atoms with E-state index >= 15 is 0 Å². The Morgan fingerprint density at radius 1 is 1.17 bits per heavy atom. The molecule has 0 bridgehead atoms. The van der Waals surface area contributed by atoms with Crippen molar-refractivity contribution in [2.24, 2.45) is 0 Å². The van der Waals surface area contributed by atoms with Crippen LogP contribution in [0, 0.1) is 6.92 Å². The molecule has 0 aliphatic carbocycles. The molecule has 0 aromatic heterocycles. The highest BCUT2D eigenvalue weighted by molar-refractivity contribution is 5.77. The van der Waals surface area contributed by atoms with Crippen LogP contribution in [0.25, 0.3) is 0 Å². The van der Waals surface area contributed by atoms with Crippen LogP contribution in [0.4, 0.5) is 0 Å². The lowest BCUT2D eigenvalue weighted by molar-refractivity contribution is -0.145. The number of aryl methyl sites for hydroxylation is 1. The van der Waals surface area contributed by atoms with Gasteiger partial charge in [0.05, 0.1) is 12.5 Å². The Bertz CT molecular complexity index is 354. The predicted octanol–water partition coefficient (Wildman–Crippen LogP) is 4.22. The Hall–Kier alpha value is -1.31. The van der Waals surface area contributed by atoms with E-state index in [-0.39, 0.29) is 11.9 Å². The molecule has 0 heterocycles. The highest BCUT2D eigenvalue weighted by Crippen LogP contribution is 2.17. The van der Waals surface area contributed by atoms with Gasteiger partial charge in [0.2, 0.25) is 0 Å². The number of carbonyl (C=O) groups excluding carboxylic acids is 1. The third-order valence-electron chi connectivity index (χ3n) is 3.17. The maximum Gasteiger partial charge on any atom is 0.313 e. The van der Waals surface area contributed by atoms with Crippen molar-refractivity contribution in [3.05, 3.63) is 35.4 Å². The third kappa shape index (κ3) is 4.91. The fourth-order valence-electron chi connectivity index (χ4n) is 1.82. The predicted molar refractivity (Wildman–Crippen MR) is 74.7 cm³/mol. The van der Waals surface area contributed by atoms with E-state index in [2.05, 4.69) is 6.92 Å². The molecule has 0 radical (unpaired) electrons. The summed E-state index contributed by atoms with van der Waals surface area (Å²) in [5, 5.41) is 0. The van der Waals surface area contributed by atoms with Gasteiger partial charge in [-0.05, 0) is 25.8 Å². The van der Waals surface area contributed by atoms with Crippen LogP contribution in [0.3, 0.4) is 0 Å². The standard InChI is InChI=1S/C16H24O2/c1-4-5-6-7-12-18-16(17)14(3)15-10-8-13(2)9-11-15/h8-11,14H,4-7,12H2,1-3H3. The van der Waals surface area contributed by atoms with E-state index in [1.54, 1.807) is 0 Å². The van der Waals surface area contributed by atoms with Gasteiger partial charge in [0.1, 0.15) is 0 Å². The van der Waals surface area contributed by atoms with Gasteiger partial charge in [0, 0.05) is 0 Å². The Kier molecular flexibility index (Phi) is 6.48. The average molecular weight is 248 g/mol. The maximum atomic E-state index is 11.8. The lowest BCUT2D eigenvalue weighted by Gasteiger charge is -2.12. The quantitative estimate of drug-likeness (QED) is 0.533. The second kappa shape index (κ2) is 7.91. The van der Waals surface area contributed by atoms with Gasteiger partial charge in [-0.15, -0.1) is 0 Å². The van der Waals surface area contributed by atoms with Crippen molar-refractivity contribution in [1.82, 2.24) is 0 Å². The van der Waals surface area contributed by atoms with E-state index in [4.69, 9.17) is 4.74 Å². The summed E-state index contributed by atoms with van der Waals surface area (Å²) in [7, 11) is 0. The third-order valence-corrected chi connectivity index (χ3v) is 3.17. The zero-order valence-electron chi connectivity index (χ0n) is 11.7. The number of unbranched alkanes of at least 4 members (excludes halogenated alkanes) is 3. The van der Waals surface area contributed by atoms with E-state index in [1.807, 2.05) is 38.1 Å². The first kappa shape index (κ1) is 14.7. The van der Waals surface area contributed by atoms with Crippen molar-refractivity contribution in [1.29, 1.82) is 0 Å². The minimum Gasteiger partial charge on any atom is -0.465 e. The molecule has 0 aliphatic rings. The van der Waals surface area contributed by atoms with Crippen LogP contribution in [0.1, 0.15) is 56.6 Å². The summed E-state index contributed by atoms with van der Waals surface area (Å²) < 4.78 is 5.30. The Labute approximate surface area is 110 Å². The molecule has 1 unspecified atom stereocenters. The molecule has 0 saturated heterocycles. The van der Waals surface area contributed by atoms with Crippen LogP contribution in [-0.4, -0.2) is 12.6 Å². The molecule has 0 fully saturated rings. The summed E-state index contributed by atoms with van der Waals surface area (Å²) in [5.74, 6) is -0.285. The van der Waals surface area contributed by atoms with Gasteiger partial charge in [-0.2, -0.15) is 0 Å². The van der Waals surface area contributed by atoms with Crippen molar-refractivity contribution in [2.75, 3.05) is 6.61 Å². The first-order valence-electron chi connectivity index (χ1n) is 6.88. The summed E-state index contributed by atoms with van der Waals surface area (Å²) in [6.45, 7) is 6.67. The van der Waals surface area contributed by atoms with Gasteiger partial charge < -0.3 is 4.74 Å². The first-order valence-corrected chi connectivity index (χ1v) is 6.88. The summed E-state index contributed by atoms with van der Waals surface area (Å²) >= 11 is 0. The van der Waals surface area contributed by atoms with Crippen LogP contribution in [0.2, 0.25) is 0 Å². The van der Waals surface area contributed by atoms with Crippen LogP contribution < -0.4 is 0 Å². The lowest BCUT2D eigenvalue weighted by atomic mass is 10.0. The van der Waals surface area contributed by atoms with Gasteiger partial charge in [-0.1, -0.05) is 56.0 Å². The lowest BCUT2D eigenvalue weighted by Crippen LogP contribution is -2.14. The number of carbonyl (C=O) groups is 1. The molecule has 18 heavy (non-hydrogen) atoms. The zero-order chi connectivity index (χ0) is 13.4. The second-order valence-electron chi connectivity index (χ2n) is 4.86. The van der Waals surface area contributed by atoms with Crippen LogP contribution in [-0.2, 0) is 9.53 Å². The molecule has 1 atom stereocenters. The van der Waals surface area contributed by atoms with E-state index < -0.39 is 0 Å². The van der Waals surface area contributed by atoms with Gasteiger partial charge in [0.25, 0.3) is 0 Å². The van der Waals surface area contributed by atoms with Crippen molar-refractivity contribution in [2.45, 2.75) is 52.4 Å². The summed E-state index contributed by atoms with van der Waals surface area (Å²) in [5.41, 5.74) is 2.23. The van der Waals surface area contributed by atoms with Crippen molar-refractivity contribution < 1.29 is 9.53 Å². The molecule has 0 saturated carbocycles. The highest BCUT2D eigenvalue weighted by atomic mass is 16.5. The van der Waals surface area contributed by atoms with Gasteiger partial charge in [-0.3, -0.25) is 4.79 Å². The van der Waals surface area contributed by atoms with Crippen molar-refractivity contribution in [3.63, 3.8) is 0 Å². The number of hydrogen-bond acceptors (Lipinski definition) is 2.